The topological polar surface area (TPSA) is 193 Å². The van der Waals surface area contributed by atoms with Crippen LogP contribution in [-0.2, 0) is 35.6 Å². The maximum Gasteiger partial charge on any atom is 0.407 e. The fourth-order valence-electron chi connectivity index (χ4n) is 7.04. The first-order chi connectivity index (χ1) is 27.0. The second-order valence-corrected chi connectivity index (χ2v) is 18.1. The molecule has 308 valence electrons. The van der Waals surface area contributed by atoms with Gasteiger partial charge < -0.3 is 30.0 Å². The van der Waals surface area contributed by atoms with E-state index in [-0.39, 0.29) is 30.9 Å². The van der Waals surface area contributed by atoms with Gasteiger partial charge in [-0.15, -0.1) is 6.58 Å². The van der Waals surface area contributed by atoms with E-state index in [9.17, 15) is 32.4 Å². The number of nitrogens with one attached hydrogen (secondary N) is 4. The van der Waals surface area contributed by atoms with Crippen LogP contribution in [0.4, 0.5) is 4.79 Å². The molecule has 1 aromatic heterocycles. The van der Waals surface area contributed by atoms with E-state index >= 15 is 0 Å². The fourth-order valence-corrected chi connectivity index (χ4v) is 8.39. The number of aryl methyl sites for hydroxylation is 1. The number of sulfonamides is 1. The fraction of sp³-hybridized carbons (Fsp3) is 0.500. The summed E-state index contributed by atoms with van der Waals surface area (Å²) in [6, 6.07) is 11.8. The molecule has 15 heteroatoms. The molecule has 0 bridgehead atoms. The number of carbonyl (C=O) groups excluding carboxylic acids is 4. The Balaban J connectivity index is 1.14. The Kier molecular flexibility index (Phi) is 13.9. The molecule has 2 unspecified atom stereocenters. The van der Waals surface area contributed by atoms with Gasteiger partial charge in [0.1, 0.15) is 23.9 Å². The van der Waals surface area contributed by atoms with Crippen LogP contribution in [0.15, 0.2) is 66.0 Å². The molecule has 1 aliphatic carbocycles. The summed E-state index contributed by atoms with van der Waals surface area (Å²) in [7, 11) is -2.23. The van der Waals surface area contributed by atoms with Crippen molar-refractivity contribution in [2.45, 2.75) is 102 Å². The average Bonchev–Trinajstić information content (AvgIpc) is 3.93. The number of likely N-dealkylation sites (tertiary alicyclic amines) is 1. The predicted molar refractivity (Wildman–Crippen MR) is 218 cm³/mol. The van der Waals surface area contributed by atoms with Gasteiger partial charge in [-0.1, -0.05) is 64.1 Å². The first-order valence-corrected chi connectivity index (χ1v) is 21.1. The number of carbonyl (C=O) groups is 4. The van der Waals surface area contributed by atoms with Crippen LogP contribution in [0.5, 0.6) is 5.75 Å². The van der Waals surface area contributed by atoms with E-state index in [1.54, 1.807) is 33.9 Å². The lowest BCUT2D eigenvalue weighted by molar-refractivity contribution is -0.142. The number of pyridine rings is 1. The zero-order valence-corrected chi connectivity index (χ0v) is 34.2. The monoisotopic (exact) mass is 805 g/mol. The molecule has 3 aromatic rings. The highest BCUT2D eigenvalue weighted by molar-refractivity contribution is 7.90. The number of fused-ring (bicyclic) bond motifs is 1. The molecule has 4 N–H and O–H groups in total. The van der Waals surface area contributed by atoms with Gasteiger partial charge in [0, 0.05) is 29.8 Å². The number of benzene rings is 2. The lowest BCUT2D eigenvalue weighted by atomic mass is 9.85. The maximum absolute atomic E-state index is 14.0. The van der Waals surface area contributed by atoms with E-state index in [2.05, 4.69) is 26.9 Å². The second kappa shape index (κ2) is 18.4. The number of H-pyrrole nitrogens is 1. The Morgan fingerprint density at radius 3 is 2.42 bits per heavy atom. The first kappa shape index (κ1) is 43.0. The van der Waals surface area contributed by atoms with Crippen LogP contribution in [0.3, 0.4) is 0 Å². The molecule has 4 amide bonds. The van der Waals surface area contributed by atoms with E-state index in [0.29, 0.717) is 55.2 Å². The van der Waals surface area contributed by atoms with Gasteiger partial charge in [-0.25, -0.2) is 13.2 Å². The summed E-state index contributed by atoms with van der Waals surface area (Å²) in [5, 5.41) is 5.30. The summed E-state index contributed by atoms with van der Waals surface area (Å²) in [6.45, 7) is 11.3. The largest absolute Gasteiger partial charge is 0.496 e. The number of nitrogens with zero attached hydrogens (tertiary/aromatic N) is 1. The predicted octanol–water partition coefficient (Wildman–Crippen LogP) is 4.96. The second-order valence-electron chi connectivity index (χ2n) is 16.1. The van der Waals surface area contributed by atoms with Crippen LogP contribution >= 0.6 is 0 Å². The Morgan fingerprint density at radius 2 is 1.77 bits per heavy atom. The highest BCUT2D eigenvalue weighted by Crippen LogP contribution is 2.30. The van der Waals surface area contributed by atoms with Gasteiger partial charge in [0.05, 0.1) is 24.5 Å². The average molecular weight is 806 g/mol. The third-order valence-electron chi connectivity index (χ3n) is 10.4. The van der Waals surface area contributed by atoms with Gasteiger partial charge in [-0.2, -0.15) is 0 Å². The Hall–Kier alpha value is -5.18. The van der Waals surface area contributed by atoms with Crippen LogP contribution < -0.4 is 25.5 Å². The maximum atomic E-state index is 14.0. The summed E-state index contributed by atoms with van der Waals surface area (Å²) in [4.78, 5) is 71.3. The number of aromatic amines is 1. The van der Waals surface area contributed by atoms with Crippen LogP contribution in [0.25, 0.3) is 22.2 Å². The highest BCUT2D eigenvalue weighted by atomic mass is 32.2. The van der Waals surface area contributed by atoms with Crippen molar-refractivity contribution in [3.8, 4) is 17.0 Å². The molecule has 4 atom stereocenters. The molecule has 2 fully saturated rings. The van der Waals surface area contributed by atoms with Crippen molar-refractivity contribution in [1.29, 1.82) is 0 Å². The van der Waals surface area contributed by atoms with Gasteiger partial charge in [0.25, 0.3) is 5.91 Å². The highest BCUT2D eigenvalue weighted by Gasteiger charge is 2.43. The zero-order chi connectivity index (χ0) is 41.5. The van der Waals surface area contributed by atoms with Gasteiger partial charge in [-0.3, -0.25) is 23.9 Å². The SMILES string of the molecule is C=CCC(NC(=O)[C@@H]1CCCN1C(=O)[C@@H](NC(=O)OCC(C)CCCc1cc2c(=O)cc(-c3ccccc3)[nH]c2cc1OC)C(C)(C)C)C(=O)NS(=O)(=O)C1CC1. The molecule has 5 rings (SSSR count). The number of alkyl carbamates (subject to hydrolysis) is 1. The van der Waals surface area contributed by atoms with Gasteiger partial charge in [0.2, 0.25) is 21.8 Å². The number of ether oxygens (including phenoxy) is 2. The van der Waals surface area contributed by atoms with Crippen molar-refractivity contribution < 1.29 is 37.1 Å². The molecular formula is C42H55N5O9S. The Morgan fingerprint density at radius 1 is 1.05 bits per heavy atom. The molecule has 14 nitrogen and oxygen atoms in total. The number of aromatic nitrogens is 1. The standard InChI is InChI=1S/C42H55N5O9S/c1-7-13-31(38(49)46-57(53,54)29-19-20-29)44-39(50)34-18-12-21-47(34)40(51)37(42(3,4)5)45-41(52)56-25-26(2)14-11-17-28-22-30-33(24-36(28)55-6)43-32(23-35(30)48)27-15-9-8-10-16-27/h7-10,15-16,22-24,26,29,31,34,37H,1,11-14,17-21,25H2,2-6H3,(H,43,48)(H,44,50)(H,45,52)(H,46,49)/t26?,31?,34-,37+/m0/s1. The molecule has 1 aliphatic heterocycles. The minimum Gasteiger partial charge on any atom is -0.496 e. The third kappa shape index (κ3) is 11.0. The molecule has 57 heavy (non-hydrogen) atoms. The van der Waals surface area contributed by atoms with Crippen LogP contribution in [0.1, 0.15) is 78.2 Å². The molecule has 2 aliphatic rings. The molecule has 0 radical (unpaired) electrons. The van der Waals surface area contributed by atoms with Crippen molar-refractivity contribution in [2.75, 3.05) is 20.3 Å². The quantitative estimate of drug-likeness (QED) is 0.137. The van der Waals surface area contributed by atoms with Crippen LogP contribution in [0.2, 0.25) is 0 Å². The Labute approximate surface area is 334 Å². The molecular weight excluding hydrogens is 751 g/mol. The molecule has 2 aromatic carbocycles. The van der Waals surface area contributed by atoms with Crippen molar-refractivity contribution in [3.05, 3.63) is 77.0 Å². The minimum absolute atomic E-state index is 0.0100. The van der Waals surface area contributed by atoms with Gasteiger partial charge in [0.15, 0.2) is 5.43 Å². The Bertz CT molecular complexity index is 2130. The lowest BCUT2D eigenvalue weighted by Gasteiger charge is -2.35. The van der Waals surface area contributed by atoms with E-state index in [4.69, 9.17) is 9.47 Å². The minimum atomic E-state index is -3.83. The van der Waals surface area contributed by atoms with Crippen LogP contribution in [0, 0.1) is 11.3 Å². The van der Waals surface area contributed by atoms with Gasteiger partial charge >= 0.3 is 6.09 Å². The van der Waals surface area contributed by atoms with E-state index in [1.165, 1.54) is 11.0 Å². The zero-order valence-electron chi connectivity index (χ0n) is 33.4. The summed E-state index contributed by atoms with van der Waals surface area (Å²) in [5.74, 6) is -1.27. The summed E-state index contributed by atoms with van der Waals surface area (Å²) in [6.07, 6.45) is 4.52. The molecule has 1 saturated carbocycles. The van der Waals surface area contributed by atoms with Crippen molar-refractivity contribution in [1.82, 2.24) is 25.2 Å². The smallest absolute Gasteiger partial charge is 0.407 e. The molecule has 2 heterocycles. The number of hydrogen-bond acceptors (Lipinski definition) is 9. The van der Waals surface area contributed by atoms with E-state index < -0.39 is 62.6 Å². The lowest BCUT2D eigenvalue weighted by Crippen LogP contribution is -2.59. The summed E-state index contributed by atoms with van der Waals surface area (Å²) < 4.78 is 38.0. The number of hydrogen-bond donors (Lipinski definition) is 4. The summed E-state index contributed by atoms with van der Waals surface area (Å²) in [5.41, 5.74) is 2.38. The first-order valence-electron chi connectivity index (χ1n) is 19.5. The van der Waals surface area contributed by atoms with Crippen LogP contribution in [-0.4, -0.2) is 85.8 Å². The van der Waals surface area contributed by atoms with Crippen molar-refractivity contribution >= 4 is 44.7 Å². The third-order valence-corrected chi connectivity index (χ3v) is 12.2. The van der Waals surface area contributed by atoms with Gasteiger partial charge in [-0.05, 0) is 79.9 Å². The molecule has 1 saturated heterocycles. The number of amides is 4. The normalized spacial score (nSPS) is 17.3. The van der Waals surface area contributed by atoms with Crippen molar-refractivity contribution in [3.63, 3.8) is 0 Å². The number of rotatable bonds is 17. The van der Waals surface area contributed by atoms with E-state index in [0.717, 1.165) is 23.2 Å². The van der Waals surface area contributed by atoms with E-state index in [1.807, 2.05) is 49.4 Å². The van der Waals surface area contributed by atoms with Crippen molar-refractivity contribution in [2.24, 2.45) is 11.3 Å². The summed E-state index contributed by atoms with van der Waals surface area (Å²) >= 11 is 0. The molecule has 0 spiro atoms. The number of methoxy groups -OCH3 is 1.